The van der Waals surface area contributed by atoms with Crippen LogP contribution >= 0.6 is 11.3 Å². The van der Waals surface area contributed by atoms with Crippen LogP contribution in [0.2, 0.25) is 0 Å². The Kier molecular flexibility index (Phi) is 2.72. The Morgan fingerprint density at radius 2 is 2.20 bits per heavy atom. The Bertz CT molecular complexity index is 345. The third kappa shape index (κ3) is 2.01. The van der Waals surface area contributed by atoms with E-state index in [1.807, 2.05) is 0 Å². The summed E-state index contributed by atoms with van der Waals surface area (Å²) in [5.74, 6) is 0.537. The summed E-state index contributed by atoms with van der Waals surface area (Å²) < 4.78 is 36.9. The lowest BCUT2D eigenvalue weighted by Gasteiger charge is -2.34. The van der Waals surface area contributed by atoms with E-state index >= 15 is 0 Å². The van der Waals surface area contributed by atoms with Gasteiger partial charge in [0.15, 0.2) is 5.01 Å². The molecule has 15 heavy (non-hydrogen) atoms. The Balaban J connectivity index is 2.14. The van der Waals surface area contributed by atoms with Gasteiger partial charge in [-0.3, -0.25) is 0 Å². The van der Waals surface area contributed by atoms with Crippen LogP contribution in [0.15, 0.2) is 6.20 Å². The summed E-state index contributed by atoms with van der Waals surface area (Å²) in [5, 5.41) is -0.750. The number of rotatable bonds is 2. The van der Waals surface area contributed by atoms with Gasteiger partial charge in [0, 0.05) is 11.1 Å². The average molecular weight is 236 g/mol. The van der Waals surface area contributed by atoms with Gasteiger partial charge in [0.05, 0.1) is 0 Å². The number of halogens is 3. The van der Waals surface area contributed by atoms with Crippen molar-refractivity contribution in [3.63, 3.8) is 0 Å². The fourth-order valence-corrected chi connectivity index (χ4v) is 2.83. The molecule has 1 saturated carbocycles. The zero-order valence-electron chi connectivity index (χ0n) is 7.92. The van der Waals surface area contributed by atoms with E-state index in [1.165, 1.54) is 6.20 Å². The van der Waals surface area contributed by atoms with Gasteiger partial charge in [0.25, 0.3) is 0 Å². The first-order valence-electron chi connectivity index (χ1n) is 4.75. The molecule has 2 nitrogen and oxygen atoms in total. The van der Waals surface area contributed by atoms with Crippen molar-refractivity contribution in [2.45, 2.75) is 24.9 Å². The second-order valence-corrected chi connectivity index (χ2v) is 4.81. The van der Waals surface area contributed by atoms with Crippen LogP contribution in [0.4, 0.5) is 13.2 Å². The molecule has 1 aromatic rings. The summed E-state index contributed by atoms with van der Waals surface area (Å²) in [4.78, 5) is 4.14. The maximum Gasteiger partial charge on any atom is 0.443 e. The Morgan fingerprint density at radius 1 is 1.47 bits per heavy atom. The molecule has 1 aliphatic carbocycles. The Labute approximate surface area is 89.3 Å². The largest absolute Gasteiger partial charge is 0.443 e. The van der Waals surface area contributed by atoms with Crippen LogP contribution in [0.25, 0.3) is 0 Å². The lowest BCUT2D eigenvalue weighted by molar-refractivity contribution is -0.137. The molecule has 0 saturated heterocycles. The standard InChI is InChI=1S/C9H11F3N2S/c10-9(11,12)8-14-4-7(15-8)6-2-1-5(6)3-13/h4-6H,1-3,13H2. The third-order valence-electron chi connectivity index (χ3n) is 2.85. The van der Waals surface area contributed by atoms with Gasteiger partial charge in [-0.2, -0.15) is 13.2 Å². The molecular weight excluding hydrogens is 225 g/mol. The second-order valence-electron chi connectivity index (χ2n) is 3.75. The van der Waals surface area contributed by atoms with Gasteiger partial charge in [0.2, 0.25) is 0 Å². The summed E-state index contributed by atoms with van der Waals surface area (Å²) in [7, 11) is 0. The van der Waals surface area contributed by atoms with Crippen molar-refractivity contribution in [3.8, 4) is 0 Å². The van der Waals surface area contributed by atoms with Crippen LogP contribution in [-0.4, -0.2) is 11.5 Å². The topological polar surface area (TPSA) is 38.9 Å². The van der Waals surface area contributed by atoms with E-state index in [-0.39, 0.29) is 5.92 Å². The fourth-order valence-electron chi connectivity index (χ4n) is 1.81. The maximum atomic E-state index is 12.3. The molecule has 1 aromatic heterocycles. The monoisotopic (exact) mass is 236 g/mol. The molecule has 2 atom stereocenters. The van der Waals surface area contributed by atoms with Gasteiger partial charge in [-0.15, -0.1) is 11.3 Å². The summed E-state index contributed by atoms with van der Waals surface area (Å²) in [6.07, 6.45) is -1.02. The van der Waals surface area contributed by atoms with E-state index in [0.717, 1.165) is 29.1 Å². The smallest absolute Gasteiger partial charge is 0.330 e. The van der Waals surface area contributed by atoms with Crippen molar-refractivity contribution in [1.82, 2.24) is 4.98 Å². The molecule has 84 valence electrons. The van der Waals surface area contributed by atoms with Crippen LogP contribution in [-0.2, 0) is 6.18 Å². The lowest BCUT2D eigenvalue weighted by atomic mass is 9.73. The highest BCUT2D eigenvalue weighted by atomic mass is 32.1. The molecule has 0 bridgehead atoms. The molecule has 1 heterocycles. The number of nitrogens with two attached hydrogens (primary N) is 1. The van der Waals surface area contributed by atoms with Crippen molar-refractivity contribution < 1.29 is 13.2 Å². The van der Waals surface area contributed by atoms with Crippen molar-refractivity contribution >= 4 is 11.3 Å². The van der Waals surface area contributed by atoms with Crippen LogP contribution in [0.5, 0.6) is 0 Å². The highest BCUT2D eigenvalue weighted by Crippen LogP contribution is 2.45. The zero-order valence-corrected chi connectivity index (χ0v) is 8.74. The molecule has 2 rings (SSSR count). The SMILES string of the molecule is NCC1CCC1c1cnc(C(F)(F)F)s1. The van der Waals surface area contributed by atoms with Crippen LogP contribution in [0.1, 0.15) is 28.6 Å². The Hall–Kier alpha value is -0.620. The van der Waals surface area contributed by atoms with Crippen LogP contribution < -0.4 is 5.73 Å². The number of hydrogen-bond acceptors (Lipinski definition) is 3. The predicted molar refractivity (Wildman–Crippen MR) is 51.6 cm³/mol. The molecule has 6 heteroatoms. The molecule has 1 aliphatic rings. The molecule has 0 aliphatic heterocycles. The van der Waals surface area contributed by atoms with Gasteiger partial charge in [0.1, 0.15) is 0 Å². The van der Waals surface area contributed by atoms with Crippen LogP contribution in [0, 0.1) is 5.92 Å². The molecule has 0 spiro atoms. The quantitative estimate of drug-likeness (QED) is 0.857. The highest BCUT2D eigenvalue weighted by Gasteiger charge is 2.38. The third-order valence-corrected chi connectivity index (χ3v) is 4.03. The first kappa shape index (κ1) is 10.9. The molecule has 0 radical (unpaired) electrons. The van der Waals surface area contributed by atoms with Gasteiger partial charge < -0.3 is 5.73 Å². The van der Waals surface area contributed by atoms with Crippen molar-refractivity contribution in [2.24, 2.45) is 11.7 Å². The van der Waals surface area contributed by atoms with Gasteiger partial charge >= 0.3 is 6.18 Å². The number of aromatic nitrogens is 1. The van der Waals surface area contributed by atoms with E-state index in [0.29, 0.717) is 12.5 Å². The normalized spacial score (nSPS) is 26.4. The summed E-state index contributed by atoms with van der Waals surface area (Å²) in [6.45, 7) is 0.546. The second kappa shape index (κ2) is 3.75. The van der Waals surface area contributed by atoms with Crippen molar-refractivity contribution in [1.29, 1.82) is 0 Å². The summed E-state index contributed by atoms with van der Waals surface area (Å²) in [6, 6.07) is 0. The predicted octanol–water partition coefficient (Wildman–Crippen LogP) is 2.61. The molecule has 2 N–H and O–H groups in total. The molecule has 2 unspecified atom stereocenters. The first-order valence-corrected chi connectivity index (χ1v) is 5.57. The van der Waals surface area contributed by atoms with Gasteiger partial charge in [-0.05, 0) is 31.2 Å². The van der Waals surface area contributed by atoms with E-state index in [1.54, 1.807) is 0 Å². The minimum absolute atomic E-state index is 0.198. The number of hydrogen-bond donors (Lipinski definition) is 1. The summed E-state index contributed by atoms with van der Waals surface area (Å²) >= 11 is 0.751. The van der Waals surface area contributed by atoms with E-state index < -0.39 is 11.2 Å². The van der Waals surface area contributed by atoms with E-state index in [4.69, 9.17) is 5.73 Å². The van der Waals surface area contributed by atoms with E-state index in [9.17, 15) is 13.2 Å². The van der Waals surface area contributed by atoms with Crippen molar-refractivity contribution in [3.05, 3.63) is 16.1 Å². The van der Waals surface area contributed by atoms with Crippen molar-refractivity contribution in [2.75, 3.05) is 6.54 Å². The molecular formula is C9H11F3N2S. The number of thiazole rings is 1. The molecule has 0 amide bonds. The number of nitrogens with zero attached hydrogens (tertiary/aromatic N) is 1. The molecule has 0 aromatic carbocycles. The number of alkyl halides is 3. The highest BCUT2D eigenvalue weighted by molar-refractivity contribution is 7.11. The van der Waals surface area contributed by atoms with Gasteiger partial charge in [-0.25, -0.2) is 4.98 Å². The zero-order chi connectivity index (χ0) is 11.1. The average Bonchev–Trinajstić information content (AvgIpc) is 2.51. The maximum absolute atomic E-state index is 12.3. The fraction of sp³-hybridized carbons (Fsp3) is 0.667. The summed E-state index contributed by atoms with van der Waals surface area (Å²) in [5.41, 5.74) is 5.52. The van der Waals surface area contributed by atoms with Crippen LogP contribution in [0.3, 0.4) is 0 Å². The molecule has 1 fully saturated rings. The van der Waals surface area contributed by atoms with E-state index in [2.05, 4.69) is 4.98 Å². The minimum atomic E-state index is -4.31. The minimum Gasteiger partial charge on any atom is -0.330 e. The lowest BCUT2D eigenvalue weighted by Crippen LogP contribution is -2.29. The first-order chi connectivity index (χ1) is 7.02. The van der Waals surface area contributed by atoms with Gasteiger partial charge in [-0.1, -0.05) is 0 Å². The Morgan fingerprint density at radius 3 is 2.60 bits per heavy atom.